The summed E-state index contributed by atoms with van der Waals surface area (Å²) >= 11 is 0. The number of piperidine rings is 1. The molecule has 1 aliphatic heterocycles. The van der Waals surface area contributed by atoms with Crippen molar-refractivity contribution >= 4 is 12.0 Å². The highest BCUT2D eigenvalue weighted by Crippen LogP contribution is 2.56. The molecule has 0 unspecified atom stereocenters. The second-order valence-corrected chi connectivity index (χ2v) is 9.79. The van der Waals surface area contributed by atoms with E-state index in [1.54, 1.807) is 0 Å². The molecule has 0 bridgehead atoms. The van der Waals surface area contributed by atoms with Gasteiger partial charge in [-0.3, -0.25) is 0 Å². The minimum atomic E-state index is 0.238. The fraction of sp³-hybridized carbons (Fsp3) is 0.519. The molecule has 2 fully saturated rings. The molecular formula is C27H33NO2. The maximum Gasteiger partial charge on any atom is 0.123 e. The van der Waals surface area contributed by atoms with Crippen molar-refractivity contribution in [1.29, 1.82) is 0 Å². The highest BCUT2D eigenvalue weighted by molar-refractivity contribution is 5.56. The average Bonchev–Trinajstić information content (AvgIpc) is 2.80. The zero-order chi connectivity index (χ0) is 20.6. The van der Waals surface area contributed by atoms with E-state index in [0.29, 0.717) is 17.1 Å². The molecule has 0 aromatic heterocycles. The van der Waals surface area contributed by atoms with Crippen LogP contribution in [-0.2, 0) is 11.2 Å². The monoisotopic (exact) mass is 403 g/mol. The van der Waals surface area contributed by atoms with E-state index in [4.69, 9.17) is 0 Å². The smallest absolute Gasteiger partial charge is 0.123 e. The first-order valence-electron chi connectivity index (χ1n) is 11.8. The van der Waals surface area contributed by atoms with Gasteiger partial charge in [0.1, 0.15) is 12.0 Å². The molecular weight excluding hydrogens is 370 g/mol. The number of aldehydes is 1. The highest BCUT2D eigenvalue weighted by Gasteiger charge is 2.44. The second kappa shape index (κ2) is 8.09. The van der Waals surface area contributed by atoms with Gasteiger partial charge in [0.05, 0.1) is 0 Å². The molecule has 3 heteroatoms. The fourth-order valence-corrected chi connectivity index (χ4v) is 6.45. The molecule has 1 saturated carbocycles. The van der Waals surface area contributed by atoms with Crippen LogP contribution in [0.1, 0.15) is 74.0 Å². The van der Waals surface area contributed by atoms with Crippen molar-refractivity contribution in [3.05, 3.63) is 59.2 Å². The van der Waals surface area contributed by atoms with Gasteiger partial charge in [-0.25, -0.2) is 0 Å². The number of rotatable bonds is 3. The Morgan fingerprint density at radius 3 is 2.37 bits per heavy atom. The molecule has 1 atom stereocenters. The summed E-state index contributed by atoms with van der Waals surface area (Å²) in [5.74, 6) is 1.06. The van der Waals surface area contributed by atoms with Crippen LogP contribution in [0.4, 0.5) is 5.69 Å². The third-order valence-electron chi connectivity index (χ3n) is 8.12. The SMILES string of the molecule is O=CC1CCN(c2ccc([C@H]3c4ccc(O)cc4CCC34CCCCC4)cc2)CC1. The molecule has 5 rings (SSSR count). The Morgan fingerprint density at radius 2 is 1.67 bits per heavy atom. The Kier molecular flexibility index (Phi) is 5.30. The van der Waals surface area contributed by atoms with E-state index in [1.807, 2.05) is 12.1 Å². The van der Waals surface area contributed by atoms with Gasteiger partial charge in [0.15, 0.2) is 0 Å². The Morgan fingerprint density at radius 1 is 0.933 bits per heavy atom. The molecule has 1 spiro atoms. The summed E-state index contributed by atoms with van der Waals surface area (Å²) in [6, 6.07) is 15.3. The molecule has 0 amide bonds. The number of hydrogen-bond donors (Lipinski definition) is 1. The van der Waals surface area contributed by atoms with Gasteiger partial charge in [0, 0.05) is 30.6 Å². The Labute approximate surface area is 180 Å². The molecule has 3 aliphatic rings. The number of aryl methyl sites for hydroxylation is 1. The third kappa shape index (κ3) is 3.53. The molecule has 0 radical (unpaired) electrons. The Hall–Kier alpha value is -2.29. The van der Waals surface area contributed by atoms with Crippen LogP contribution in [0.3, 0.4) is 0 Å². The summed E-state index contributed by atoms with van der Waals surface area (Å²) in [6.07, 6.45) is 12.1. The lowest BCUT2D eigenvalue weighted by Gasteiger charge is -2.48. The quantitative estimate of drug-likeness (QED) is 0.655. The van der Waals surface area contributed by atoms with E-state index >= 15 is 0 Å². The lowest BCUT2D eigenvalue weighted by molar-refractivity contribution is -0.111. The maximum atomic E-state index is 11.1. The predicted octanol–water partition coefficient (Wildman–Crippen LogP) is 5.84. The van der Waals surface area contributed by atoms with E-state index in [0.717, 1.165) is 38.6 Å². The van der Waals surface area contributed by atoms with Gasteiger partial charge >= 0.3 is 0 Å². The van der Waals surface area contributed by atoms with Crippen LogP contribution in [0.2, 0.25) is 0 Å². The van der Waals surface area contributed by atoms with Crippen molar-refractivity contribution in [2.24, 2.45) is 11.3 Å². The van der Waals surface area contributed by atoms with Gasteiger partial charge < -0.3 is 14.8 Å². The number of phenolic OH excluding ortho intramolecular Hbond substituents is 1. The van der Waals surface area contributed by atoms with Gasteiger partial charge in [-0.05, 0) is 84.9 Å². The number of phenols is 1. The largest absolute Gasteiger partial charge is 0.508 e. The van der Waals surface area contributed by atoms with Crippen LogP contribution in [-0.4, -0.2) is 24.5 Å². The van der Waals surface area contributed by atoms with Crippen molar-refractivity contribution < 1.29 is 9.90 Å². The standard InChI is InChI=1S/C27H33NO2/c29-19-20-11-16-28(17-12-20)23-6-4-21(5-7-23)26-25-9-8-24(30)18-22(25)10-15-27(26)13-2-1-3-14-27/h4-9,18-20,26,30H,1-3,10-17H2/t26-/m0/s1. The number of fused-ring (bicyclic) bond motifs is 1. The molecule has 3 nitrogen and oxygen atoms in total. The van der Waals surface area contributed by atoms with Gasteiger partial charge in [0.25, 0.3) is 0 Å². The zero-order valence-electron chi connectivity index (χ0n) is 17.9. The van der Waals surface area contributed by atoms with E-state index in [9.17, 15) is 9.90 Å². The summed E-state index contributed by atoms with van der Waals surface area (Å²) < 4.78 is 0. The van der Waals surface area contributed by atoms with Crippen LogP contribution < -0.4 is 4.90 Å². The molecule has 2 aliphatic carbocycles. The van der Waals surface area contributed by atoms with Crippen LogP contribution in [0.25, 0.3) is 0 Å². The summed E-state index contributed by atoms with van der Waals surface area (Å²) in [4.78, 5) is 13.5. The lowest BCUT2D eigenvalue weighted by Crippen LogP contribution is -2.36. The first-order chi connectivity index (χ1) is 14.7. The number of carbonyl (C=O) groups is 1. The summed E-state index contributed by atoms with van der Waals surface area (Å²) in [7, 11) is 0. The molecule has 30 heavy (non-hydrogen) atoms. The van der Waals surface area contributed by atoms with E-state index in [1.165, 1.54) is 60.9 Å². The zero-order valence-corrected chi connectivity index (χ0v) is 17.9. The maximum absolute atomic E-state index is 11.1. The normalized spacial score (nSPS) is 23.9. The third-order valence-corrected chi connectivity index (χ3v) is 8.12. The van der Waals surface area contributed by atoms with Gasteiger partial charge in [-0.1, -0.05) is 37.5 Å². The van der Waals surface area contributed by atoms with Crippen molar-refractivity contribution in [1.82, 2.24) is 0 Å². The minimum absolute atomic E-state index is 0.238. The number of aromatic hydroxyl groups is 1. The first-order valence-corrected chi connectivity index (χ1v) is 11.8. The predicted molar refractivity (Wildman–Crippen MR) is 121 cm³/mol. The van der Waals surface area contributed by atoms with E-state index in [2.05, 4.69) is 35.2 Å². The van der Waals surface area contributed by atoms with Crippen molar-refractivity contribution in [3.63, 3.8) is 0 Å². The van der Waals surface area contributed by atoms with E-state index < -0.39 is 0 Å². The van der Waals surface area contributed by atoms with Gasteiger partial charge in [-0.2, -0.15) is 0 Å². The van der Waals surface area contributed by atoms with Crippen molar-refractivity contribution in [2.75, 3.05) is 18.0 Å². The van der Waals surface area contributed by atoms with Gasteiger partial charge in [-0.15, -0.1) is 0 Å². The first kappa shape index (κ1) is 19.7. The van der Waals surface area contributed by atoms with Crippen LogP contribution >= 0.6 is 0 Å². The van der Waals surface area contributed by atoms with E-state index in [-0.39, 0.29) is 5.92 Å². The fourth-order valence-electron chi connectivity index (χ4n) is 6.45. The summed E-state index contributed by atoms with van der Waals surface area (Å²) in [5, 5.41) is 10.0. The average molecular weight is 404 g/mol. The number of anilines is 1. The lowest BCUT2D eigenvalue weighted by atomic mass is 9.56. The molecule has 158 valence electrons. The number of benzene rings is 2. The topological polar surface area (TPSA) is 40.5 Å². The van der Waals surface area contributed by atoms with Crippen LogP contribution in [0.5, 0.6) is 5.75 Å². The van der Waals surface area contributed by atoms with Crippen LogP contribution in [0.15, 0.2) is 42.5 Å². The summed E-state index contributed by atoms with van der Waals surface area (Å²) in [5.41, 5.74) is 5.83. The molecule has 2 aromatic rings. The second-order valence-electron chi connectivity index (χ2n) is 9.79. The number of hydrogen-bond acceptors (Lipinski definition) is 3. The highest BCUT2D eigenvalue weighted by atomic mass is 16.3. The Balaban J connectivity index is 1.46. The Bertz CT molecular complexity index is 890. The van der Waals surface area contributed by atoms with Crippen molar-refractivity contribution in [2.45, 2.75) is 63.7 Å². The molecule has 2 aromatic carbocycles. The molecule has 1 saturated heterocycles. The number of nitrogens with zero attached hydrogens (tertiary/aromatic N) is 1. The minimum Gasteiger partial charge on any atom is -0.508 e. The number of carbonyl (C=O) groups excluding carboxylic acids is 1. The van der Waals surface area contributed by atoms with Gasteiger partial charge in [0.2, 0.25) is 0 Å². The molecule has 1 N–H and O–H groups in total. The molecule has 1 heterocycles. The van der Waals surface area contributed by atoms with Crippen LogP contribution in [0, 0.1) is 11.3 Å². The van der Waals surface area contributed by atoms with Crippen molar-refractivity contribution in [3.8, 4) is 5.75 Å². The summed E-state index contributed by atoms with van der Waals surface area (Å²) in [6.45, 7) is 1.94.